The van der Waals surface area contributed by atoms with Crippen LogP contribution in [-0.2, 0) is 6.18 Å². The number of carbonyl (C=O) groups excluding carboxylic acids is 1. The van der Waals surface area contributed by atoms with E-state index in [4.69, 9.17) is 0 Å². The van der Waals surface area contributed by atoms with Crippen LogP contribution in [0.3, 0.4) is 0 Å². The number of carbonyl (C=O) groups is 1. The average molecular weight is 393 g/mol. The van der Waals surface area contributed by atoms with E-state index in [-0.39, 0.29) is 0 Å². The first-order chi connectivity index (χ1) is 13.9. The number of hydrogen-bond acceptors (Lipinski definition) is 3. The molecule has 0 aliphatic carbocycles. The van der Waals surface area contributed by atoms with E-state index in [9.17, 15) is 18.0 Å². The van der Waals surface area contributed by atoms with Crippen LogP contribution in [0.5, 0.6) is 0 Å². The topological polar surface area (TPSA) is 46.1 Å². The van der Waals surface area contributed by atoms with Crippen molar-refractivity contribution in [2.75, 3.05) is 4.90 Å². The third-order valence-electron chi connectivity index (χ3n) is 4.47. The molecule has 0 N–H and O–H groups in total. The molecule has 7 heteroatoms. The van der Waals surface area contributed by atoms with E-state index >= 15 is 0 Å². The van der Waals surface area contributed by atoms with E-state index in [1.165, 1.54) is 29.3 Å². The van der Waals surface area contributed by atoms with Gasteiger partial charge < -0.3 is 0 Å². The Labute approximate surface area is 164 Å². The molecule has 0 atom stereocenters. The first-order valence-corrected chi connectivity index (χ1v) is 8.71. The molecule has 0 bridgehead atoms. The number of alkyl halides is 3. The first kappa shape index (κ1) is 18.6. The van der Waals surface area contributed by atoms with Crippen molar-refractivity contribution in [3.63, 3.8) is 0 Å². The second-order valence-corrected chi connectivity index (χ2v) is 6.32. The minimum atomic E-state index is -4.65. The van der Waals surface area contributed by atoms with Crippen molar-refractivity contribution < 1.29 is 18.0 Å². The molecule has 1 amide bonds. The van der Waals surface area contributed by atoms with Gasteiger partial charge in [0.2, 0.25) is 0 Å². The number of aromatic nitrogens is 2. The highest BCUT2D eigenvalue weighted by Crippen LogP contribution is 2.35. The molecule has 4 rings (SSSR count). The molecule has 0 spiro atoms. The normalized spacial score (nSPS) is 11.4. The summed E-state index contributed by atoms with van der Waals surface area (Å²) < 4.78 is 40.5. The Balaban J connectivity index is 1.89. The molecule has 4 nitrogen and oxygen atoms in total. The Morgan fingerprint density at radius 2 is 1.41 bits per heavy atom. The van der Waals surface area contributed by atoms with E-state index in [2.05, 4.69) is 10.2 Å². The zero-order valence-electron chi connectivity index (χ0n) is 15.0. The van der Waals surface area contributed by atoms with Gasteiger partial charge in [0.15, 0.2) is 0 Å². The molecular formula is C22H14F3N3O. The number of para-hydroxylation sites is 1. The molecule has 1 aromatic heterocycles. The summed E-state index contributed by atoms with van der Waals surface area (Å²) >= 11 is 0. The van der Waals surface area contributed by atoms with Crippen molar-refractivity contribution in [3.05, 3.63) is 96.3 Å². The van der Waals surface area contributed by atoms with E-state index in [1.54, 1.807) is 54.7 Å². The maximum atomic E-state index is 13.5. The summed E-state index contributed by atoms with van der Waals surface area (Å²) in [7, 11) is 0. The van der Waals surface area contributed by atoms with E-state index in [1.807, 2.05) is 0 Å². The fourth-order valence-corrected chi connectivity index (χ4v) is 3.12. The molecule has 3 aromatic carbocycles. The van der Waals surface area contributed by atoms with Crippen molar-refractivity contribution in [2.24, 2.45) is 0 Å². The number of benzene rings is 3. The molecular weight excluding hydrogens is 379 g/mol. The second-order valence-electron chi connectivity index (χ2n) is 6.32. The lowest BCUT2D eigenvalue weighted by atomic mass is 10.0. The predicted molar refractivity (Wildman–Crippen MR) is 104 cm³/mol. The quantitative estimate of drug-likeness (QED) is 0.453. The number of rotatable bonds is 3. The van der Waals surface area contributed by atoms with Crippen LogP contribution in [0.25, 0.3) is 10.8 Å². The number of anilines is 2. The summed E-state index contributed by atoms with van der Waals surface area (Å²) in [5.41, 5.74) is -0.510. The van der Waals surface area contributed by atoms with Crippen LogP contribution in [0, 0.1) is 0 Å². The fourth-order valence-electron chi connectivity index (χ4n) is 3.12. The smallest absolute Gasteiger partial charge is 0.277 e. The van der Waals surface area contributed by atoms with E-state index in [0.717, 1.165) is 16.8 Å². The number of nitrogens with zero attached hydrogens (tertiary/aromatic N) is 3. The second kappa shape index (κ2) is 7.35. The van der Waals surface area contributed by atoms with Crippen LogP contribution in [0.1, 0.15) is 15.9 Å². The number of fused-ring (bicyclic) bond motifs is 1. The monoisotopic (exact) mass is 393 g/mol. The third kappa shape index (κ3) is 3.67. The Kier molecular flexibility index (Phi) is 4.72. The Morgan fingerprint density at radius 1 is 0.759 bits per heavy atom. The minimum absolute atomic E-state index is 0.420. The van der Waals surface area contributed by atoms with Gasteiger partial charge in [-0.1, -0.05) is 36.4 Å². The molecule has 0 saturated carbocycles. The van der Waals surface area contributed by atoms with E-state index < -0.39 is 23.2 Å². The zero-order chi connectivity index (χ0) is 20.4. The molecule has 144 valence electrons. The highest BCUT2D eigenvalue weighted by Gasteiger charge is 2.36. The molecule has 0 aliphatic rings. The van der Waals surface area contributed by atoms with Gasteiger partial charge in [0.25, 0.3) is 5.91 Å². The first-order valence-electron chi connectivity index (χ1n) is 8.71. The Bertz CT molecular complexity index is 1180. The van der Waals surface area contributed by atoms with Crippen LogP contribution in [0.2, 0.25) is 0 Å². The van der Waals surface area contributed by atoms with Crippen molar-refractivity contribution in [3.8, 4) is 0 Å². The fraction of sp³-hybridized carbons (Fsp3) is 0.0455. The highest BCUT2D eigenvalue weighted by atomic mass is 19.4. The van der Waals surface area contributed by atoms with Crippen LogP contribution < -0.4 is 4.90 Å². The average Bonchev–Trinajstić information content (AvgIpc) is 2.74. The van der Waals surface area contributed by atoms with Gasteiger partial charge in [0.1, 0.15) is 0 Å². The third-order valence-corrected chi connectivity index (χ3v) is 4.47. The van der Waals surface area contributed by atoms with Gasteiger partial charge >= 0.3 is 6.18 Å². The lowest BCUT2D eigenvalue weighted by Gasteiger charge is -2.25. The summed E-state index contributed by atoms with van der Waals surface area (Å²) in [5.74, 6) is -0.773. The van der Waals surface area contributed by atoms with Crippen LogP contribution >= 0.6 is 0 Å². The maximum absolute atomic E-state index is 13.5. The van der Waals surface area contributed by atoms with Crippen LogP contribution in [0.4, 0.5) is 24.5 Å². The van der Waals surface area contributed by atoms with Gasteiger partial charge in [-0.3, -0.25) is 9.69 Å². The molecule has 0 fully saturated rings. The molecule has 0 aliphatic heterocycles. The molecule has 1 heterocycles. The summed E-state index contributed by atoms with van der Waals surface area (Å²) in [6.07, 6.45) is -1.53. The Morgan fingerprint density at radius 3 is 2.14 bits per heavy atom. The van der Waals surface area contributed by atoms with Crippen molar-refractivity contribution in [1.29, 1.82) is 0 Å². The molecule has 0 unspecified atom stereocenters. The number of amides is 1. The van der Waals surface area contributed by atoms with Crippen molar-refractivity contribution >= 4 is 28.1 Å². The van der Waals surface area contributed by atoms with E-state index in [0.29, 0.717) is 11.4 Å². The largest absolute Gasteiger partial charge is 0.417 e. The van der Waals surface area contributed by atoms with Gasteiger partial charge in [0, 0.05) is 22.1 Å². The predicted octanol–water partition coefficient (Wildman–Crippen LogP) is 5.63. The highest BCUT2D eigenvalue weighted by molar-refractivity contribution is 6.12. The van der Waals surface area contributed by atoms with Gasteiger partial charge in [-0.15, -0.1) is 0 Å². The van der Waals surface area contributed by atoms with Gasteiger partial charge in [0.05, 0.1) is 23.5 Å². The summed E-state index contributed by atoms with van der Waals surface area (Å²) in [6, 6.07) is 18.4. The van der Waals surface area contributed by atoms with Crippen LogP contribution in [-0.4, -0.2) is 16.1 Å². The van der Waals surface area contributed by atoms with Gasteiger partial charge in [-0.2, -0.15) is 23.4 Å². The van der Waals surface area contributed by atoms with Crippen molar-refractivity contribution in [2.45, 2.75) is 6.18 Å². The van der Waals surface area contributed by atoms with Crippen LogP contribution in [0.15, 0.2) is 85.2 Å². The maximum Gasteiger partial charge on any atom is 0.417 e. The minimum Gasteiger partial charge on any atom is -0.277 e. The summed E-state index contributed by atoms with van der Waals surface area (Å²) in [5, 5.41) is 9.17. The number of hydrogen-bond donors (Lipinski definition) is 0. The zero-order valence-corrected chi connectivity index (χ0v) is 15.0. The lowest BCUT2D eigenvalue weighted by Crippen LogP contribution is -2.28. The van der Waals surface area contributed by atoms with Gasteiger partial charge in [-0.05, 0) is 36.4 Å². The molecule has 0 radical (unpaired) electrons. The Hall–Kier alpha value is -3.74. The molecule has 29 heavy (non-hydrogen) atoms. The van der Waals surface area contributed by atoms with Gasteiger partial charge in [-0.25, -0.2) is 0 Å². The lowest BCUT2D eigenvalue weighted by molar-refractivity contribution is -0.137. The standard InChI is InChI=1S/C22H14F3N3O/c23-22(24,25)20-9-5-4-8-19(20)21(29)28(17-6-2-1-3-7-17)18-11-10-15-13-26-27-14-16(15)12-18/h1-14H. The molecule has 0 saturated heterocycles. The SMILES string of the molecule is O=C(c1ccccc1C(F)(F)F)N(c1ccccc1)c1ccc2cnncc2c1. The summed E-state index contributed by atoms with van der Waals surface area (Å²) in [6.45, 7) is 0. The summed E-state index contributed by atoms with van der Waals surface area (Å²) in [4.78, 5) is 14.6. The molecule has 4 aromatic rings. The van der Waals surface area contributed by atoms with Crippen molar-refractivity contribution in [1.82, 2.24) is 10.2 Å². The number of halogens is 3.